The molecule has 106 valence electrons. The van der Waals surface area contributed by atoms with Crippen LogP contribution in [0.15, 0.2) is 30.3 Å². The van der Waals surface area contributed by atoms with E-state index in [0.29, 0.717) is 6.42 Å². The van der Waals surface area contributed by atoms with Gasteiger partial charge in [0.25, 0.3) is 0 Å². The molecule has 3 heteroatoms. The minimum absolute atomic E-state index is 0.0582. The third-order valence-corrected chi connectivity index (χ3v) is 3.39. The molecule has 0 saturated heterocycles. The van der Waals surface area contributed by atoms with Gasteiger partial charge in [-0.1, -0.05) is 57.5 Å². The monoisotopic (exact) mass is 264 g/mol. The molecule has 0 atom stereocenters. The molecule has 0 N–H and O–H groups in total. The van der Waals surface area contributed by atoms with Crippen LogP contribution in [0.2, 0.25) is 0 Å². The van der Waals surface area contributed by atoms with Crippen molar-refractivity contribution in [1.82, 2.24) is 0 Å². The Morgan fingerprint density at radius 3 is 2.21 bits per heavy atom. The van der Waals surface area contributed by atoms with Crippen molar-refractivity contribution in [2.24, 2.45) is 5.41 Å². The van der Waals surface area contributed by atoms with Crippen molar-refractivity contribution in [1.29, 1.82) is 0 Å². The SMILES string of the molecule is CCC(C)(C)CC(=O)OOC(C)(C)c1ccccc1. The van der Waals surface area contributed by atoms with Gasteiger partial charge < -0.3 is 0 Å². The molecule has 0 bridgehead atoms. The molecule has 1 aromatic rings. The number of rotatable bonds is 6. The van der Waals surface area contributed by atoms with Crippen LogP contribution in [0.4, 0.5) is 0 Å². The molecule has 1 rings (SSSR count). The van der Waals surface area contributed by atoms with Crippen LogP contribution in [0.3, 0.4) is 0 Å². The molecule has 0 aliphatic heterocycles. The average Bonchev–Trinajstić information content (AvgIpc) is 2.37. The van der Waals surface area contributed by atoms with E-state index in [1.54, 1.807) is 0 Å². The Morgan fingerprint density at radius 1 is 1.11 bits per heavy atom. The maximum Gasteiger partial charge on any atom is 0.342 e. The first-order valence-corrected chi connectivity index (χ1v) is 6.71. The van der Waals surface area contributed by atoms with Crippen LogP contribution in [0.25, 0.3) is 0 Å². The van der Waals surface area contributed by atoms with Crippen LogP contribution >= 0.6 is 0 Å². The summed E-state index contributed by atoms with van der Waals surface area (Å²) in [7, 11) is 0. The molecule has 1 aromatic carbocycles. The minimum Gasteiger partial charge on any atom is -0.297 e. The van der Waals surface area contributed by atoms with Gasteiger partial charge in [0.05, 0.1) is 6.42 Å². The smallest absolute Gasteiger partial charge is 0.297 e. The number of hydrogen-bond acceptors (Lipinski definition) is 3. The lowest BCUT2D eigenvalue weighted by Crippen LogP contribution is -2.25. The third-order valence-electron chi connectivity index (χ3n) is 3.39. The summed E-state index contributed by atoms with van der Waals surface area (Å²) in [4.78, 5) is 22.0. The van der Waals surface area contributed by atoms with E-state index >= 15 is 0 Å². The first-order valence-electron chi connectivity index (χ1n) is 6.71. The Hall–Kier alpha value is -1.35. The molecule has 0 radical (unpaired) electrons. The largest absolute Gasteiger partial charge is 0.342 e. The highest BCUT2D eigenvalue weighted by Crippen LogP contribution is 2.27. The maximum absolute atomic E-state index is 11.7. The van der Waals surface area contributed by atoms with Gasteiger partial charge in [0.15, 0.2) is 0 Å². The average molecular weight is 264 g/mol. The molecule has 0 fully saturated rings. The van der Waals surface area contributed by atoms with E-state index in [9.17, 15) is 4.79 Å². The third kappa shape index (κ3) is 5.03. The lowest BCUT2D eigenvalue weighted by atomic mass is 9.87. The summed E-state index contributed by atoms with van der Waals surface area (Å²) in [6.07, 6.45) is 1.28. The van der Waals surface area contributed by atoms with E-state index in [4.69, 9.17) is 9.78 Å². The van der Waals surface area contributed by atoms with Crippen molar-refractivity contribution in [2.45, 2.75) is 53.1 Å². The summed E-state index contributed by atoms with van der Waals surface area (Å²) in [6.45, 7) is 9.89. The van der Waals surface area contributed by atoms with Gasteiger partial charge in [-0.05, 0) is 24.8 Å². The Labute approximate surface area is 115 Å². The zero-order valence-corrected chi connectivity index (χ0v) is 12.5. The molecule has 0 heterocycles. The van der Waals surface area contributed by atoms with E-state index in [1.807, 2.05) is 58.0 Å². The number of benzene rings is 1. The molecular formula is C16H24O3. The maximum atomic E-state index is 11.7. The normalized spacial score (nSPS) is 12.3. The van der Waals surface area contributed by atoms with Crippen molar-refractivity contribution in [3.8, 4) is 0 Å². The Balaban J connectivity index is 2.55. The first-order chi connectivity index (χ1) is 8.77. The topological polar surface area (TPSA) is 35.5 Å². The van der Waals surface area contributed by atoms with E-state index < -0.39 is 5.60 Å². The van der Waals surface area contributed by atoms with Crippen molar-refractivity contribution in [2.75, 3.05) is 0 Å². The molecule has 19 heavy (non-hydrogen) atoms. The molecule has 0 unspecified atom stereocenters. The summed E-state index contributed by atoms with van der Waals surface area (Å²) in [5.74, 6) is -0.323. The molecule has 0 aliphatic carbocycles. The summed E-state index contributed by atoms with van der Waals surface area (Å²) in [5, 5.41) is 0. The summed E-state index contributed by atoms with van der Waals surface area (Å²) < 4.78 is 0. The fraction of sp³-hybridized carbons (Fsp3) is 0.562. The minimum atomic E-state index is -0.646. The van der Waals surface area contributed by atoms with Gasteiger partial charge in [0.2, 0.25) is 0 Å². The zero-order valence-electron chi connectivity index (χ0n) is 12.5. The van der Waals surface area contributed by atoms with E-state index in [0.717, 1.165) is 12.0 Å². The fourth-order valence-corrected chi connectivity index (χ4v) is 1.58. The predicted molar refractivity (Wildman–Crippen MR) is 75.3 cm³/mol. The van der Waals surface area contributed by atoms with Gasteiger partial charge in [0.1, 0.15) is 5.60 Å². The molecule has 0 spiro atoms. The van der Waals surface area contributed by atoms with Gasteiger partial charge in [-0.3, -0.25) is 4.89 Å². The first kappa shape index (κ1) is 15.7. The molecule has 0 saturated carbocycles. The molecule has 0 aliphatic rings. The van der Waals surface area contributed by atoms with Crippen molar-refractivity contribution in [3.63, 3.8) is 0 Å². The van der Waals surface area contributed by atoms with E-state index in [-0.39, 0.29) is 11.4 Å². The van der Waals surface area contributed by atoms with Crippen molar-refractivity contribution < 1.29 is 14.6 Å². The van der Waals surface area contributed by atoms with Gasteiger partial charge >= 0.3 is 5.97 Å². The van der Waals surface area contributed by atoms with Crippen LogP contribution in [0.1, 0.15) is 53.0 Å². The summed E-state index contributed by atoms with van der Waals surface area (Å²) in [5.41, 5.74) is 0.266. The van der Waals surface area contributed by atoms with Crippen LogP contribution in [-0.2, 0) is 20.2 Å². The highest BCUT2D eigenvalue weighted by Gasteiger charge is 2.27. The van der Waals surface area contributed by atoms with Crippen molar-refractivity contribution >= 4 is 5.97 Å². The Kier molecular flexibility index (Phi) is 5.12. The second kappa shape index (κ2) is 6.20. The molecule has 3 nitrogen and oxygen atoms in total. The molecule has 0 amide bonds. The Bertz CT molecular complexity index is 407. The summed E-state index contributed by atoms with van der Waals surface area (Å²) >= 11 is 0. The van der Waals surface area contributed by atoms with Crippen LogP contribution in [0, 0.1) is 5.41 Å². The highest BCUT2D eigenvalue weighted by atomic mass is 17.2. The van der Waals surface area contributed by atoms with Gasteiger partial charge in [0, 0.05) is 0 Å². The standard InChI is InChI=1S/C16H24O3/c1-6-15(2,3)12-14(17)18-19-16(4,5)13-10-8-7-9-11-13/h7-11H,6,12H2,1-5H3. The second-order valence-corrected chi connectivity index (χ2v) is 6.11. The van der Waals surface area contributed by atoms with Crippen LogP contribution in [0.5, 0.6) is 0 Å². The fourth-order valence-electron chi connectivity index (χ4n) is 1.58. The number of carbonyl (C=O) groups is 1. The van der Waals surface area contributed by atoms with Gasteiger partial charge in [-0.2, -0.15) is 4.89 Å². The van der Waals surface area contributed by atoms with E-state index in [1.165, 1.54) is 0 Å². The van der Waals surface area contributed by atoms with E-state index in [2.05, 4.69) is 6.92 Å². The lowest BCUT2D eigenvalue weighted by molar-refractivity contribution is -0.330. The van der Waals surface area contributed by atoms with Gasteiger partial charge in [-0.15, -0.1) is 0 Å². The number of hydrogen-bond donors (Lipinski definition) is 0. The quantitative estimate of drug-likeness (QED) is 0.570. The molecule has 0 aromatic heterocycles. The highest BCUT2D eigenvalue weighted by molar-refractivity contribution is 5.69. The van der Waals surface area contributed by atoms with Crippen LogP contribution < -0.4 is 0 Å². The Morgan fingerprint density at radius 2 is 1.68 bits per heavy atom. The zero-order chi connectivity index (χ0) is 14.5. The summed E-state index contributed by atoms with van der Waals surface area (Å²) in [6, 6.07) is 9.70. The lowest BCUT2D eigenvalue weighted by Gasteiger charge is -2.25. The molecular weight excluding hydrogens is 240 g/mol. The predicted octanol–water partition coefficient (Wildman–Crippen LogP) is 4.22. The second-order valence-electron chi connectivity index (χ2n) is 6.11. The van der Waals surface area contributed by atoms with Crippen LogP contribution in [-0.4, -0.2) is 5.97 Å². The number of carbonyl (C=O) groups excluding carboxylic acids is 1. The van der Waals surface area contributed by atoms with Crippen molar-refractivity contribution in [3.05, 3.63) is 35.9 Å². The van der Waals surface area contributed by atoms with Gasteiger partial charge in [-0.25, -0.2) is 4.79 Å².